The Labute approximate surface area is 115 Å². The van der Waals surface area contributed by atoms with Crippen LogP contribution in [0, 0.1) is 0 Å². The number of aryl methyl sites for hydroxylation is 1. The van der Waals surface area contributed by atoms with Crippen molar-refractivity contribution in [2.75, 3.05) is 46.3 Å². The first-order valence-electron chi connectivity index (χ1n) is 6.96. The maximum atomic E-state index is 3.58. The molecule has 4 heteroatoms. The summed E-state index contributed by atoms with van der Waals surface area (Å²) in [4.78, 5) is 6.47. The summed E-state index contributed by atoms with van der Waals surface area (Å²) in [5.41, 5.74) is 1.51. The summed E-state index contributed by atoms with van der Waals surface area (Å²) >= 11 is 1.88. The van der Waals surface area contributed by atoms with E-state index < -0.39 is 0 Å². The third-order valence-electron chi connectivity index (χ3n) is 3.70. The molecule has 3 nitrogen and oxygen atoms in total. The average molecular weight is 267 g/mol. The molecule has 0 aliphatic carbocycles. The topological polar surface area (TPSA) is 18.5 Å². The first kappa shape index (κ1) is 14.0. The molecule has 1 N–H and O–H groups in total. The lowest BCUT2D eigenvalue weighted by Gasteiger charge is -2.32. The SMILES string of the molecule is CCc1ccsc1CNCCN1CCN(C)CC1. The predicted molar refractivity (Wildman–Crippen MR) is 79.3 cm³/mol. The van der Waals surface area contributed by atoms with Crippen molar-refractivity contribution >= 4 is 11.3 Å². The summed E-state index contributed by atoms with van der Waals surface area (Å²) in [6.45, 7) is 10.4. The molecule has 18 heavy (non-hydrogen) atoms. The third-order valence-corrected chi connectivity index (χ3v) is 4.67. The number of piperazine rings is 1. The fourth-order valence-electron chi connectivity index (χ4n) is 2.35. The van der Waals surface area contributed by atoms with Crippen LogP contribution in [0.5, 0.6) is 0 Å². The zero-order valence-corrected chi connectivity index (χ0v) is 12.4. The number of likely N-dealkylation sites (N-methyl/N-ethyl adjacent to an activating group) is 1. The summed E-state index contributed by atoms with van der Waals surface area (Å²) in [5.74, 6) is 0. The highest BCUT2D eigenvalue weighted by Crippen LogP contribution is 2.16. The van der Waals surface area contributed by atoms with E-state index in [9.17, 15) is 0 Å². The van der Waals surface area contributed by atoms with Gasteiger partial charge >= 0.3 is 0 Å². The first-order chi connectivity index (χ1) is 8.79. The van der Waals surface area contributed by atoms with E-state index in [1.807, 2.05) is 11.3 Å². The molecular weight excluding hydrogens is 242 g/mol. The molecule has 1 aromatic heterocycles. The van der Waals surface area contributed by atoms with E-state index in [4.69, 9.17) is 0 Å². The molecule has 1 saturated heterocycles. The molecule has 1 fully saturated rings. The van der Waals surface area contributed by atoms with Gasteiger partial charge in [-0.3, -0.25) is 4.90 Å². The van der Waals surface area contributed by atoms with Gasteiger partial charge < -0.3 is 10.2 Å². The van der Waals surface area contributed by atoms with E-state index >= 15 is 0 Å². The van der Waals surface area contributed by atoms with E-state index in [1.165, 1.54) is 43.2 Å². The molecule has 0 spiro atoms. The van der Waals surface area contributed by atoms with Crippen LogP contribution in [0.25, 0.3) is 0 Å². The number of nitrogens with zero attached hydrogens (tertiary/aromatic N) is 2. The largest absolute Gasteiger partial charge is 0.311 e. The number of nitrogens with one attached hydrogen (secondary N) is 1. The van der Waals surface area contributed by atoms with Gasteiger partial charge in [-0.05, 0) is 30.5 Å². The van der Waals surface area contributed by atoms with Gasteiger partial charge in [-0.1, -0.05) is 6.92 Å². The molecule has 1 aliphatic heterocycles. The highest BCUT2D eigenvalue weighted by atomic mass is 32.1. The normalized spacial score (nSPS) is 18.3. The molecular formula is C14H25N3S. The van der Waals surface area contributed by atoms with Gasteiger partial charge in [0.2, 0.25) is 0 Å². The Kier molecular flexibility index (Phi) is 5.63. The Morgan fingerprint density at radius 2 is 2.06 bits per heavy atom. The first-order valence-corrected chi connectivity index (χ1v) is 7.84. The van der Waals surface area contributed by atoms with Crippen LogP contribution in [0.2, 0.25) is 0 Å². The van der Waals surface area contributed by atoms with Gasteiger partial charge in [-0.15, -0.1) is 11.3 Å². The standard InChI is InChI=1S/C14H25N3S/c1-3-13-4-11-18-14(13)12-15-5-6-17-9-7-16(2)8-10-17/h4,11,15H,3,5-10,12H2,1-2H3. The Bertz CT molecular complexity index is 343. The van der Waals surface area contributed by atoms with Gasteiger partial charge in [0.15, 0.2) is 0 Å². The summed E-state index contributed by atoms with van der Waals surface area (Å²) in [7, 11) is 2.21. The molecule has 0 saturated carbocycles. The van der Waals surface area contributed by atoms with E-state index in [0.717, 1.165) is 19.5 Å². The monoisotopic (exact) mass is 267 g/mol. The molecule has 2 rings (SSSR count). The molecule has 1 aliphatic rings. The van der Waals surface area contributed by atoms with Gasteiger partial charge in [0.25, 0.3) is 0 Å². The van der Waals surface area contributed by atoms with Crippen molar-refractivity contribution in [2.45, 2.75) is 19.9 Å². The van der Waals surface area contributed by atoms with Gasteiger partial charge in [0, 0.05) is 50.7 Å². The maximum absolute atomic E-state index is 3.58. The van der Waals surface area contributed by atoms with Gasteiger partial charge in [0.05, 0.1) is 0 Å². The summed E-state index contributed by atoms with van der Waals surface area (Å²) in [5, 5.41) is 5.78. The molecule has 0 radical (unpaired) electrons. The Morgan fingerprint density at radius 3 is 2.78 bits per heavy atom. The zero-order valence-electron chi connectivity index (χ0n) is 11.6. The van der Waals surface area contributed by atoms with Gasteiger partial charge in [-0.25, -0.2) is 0 Å². The van der Waals surface area contributed by atoms with E-state index in [1.54, 1.807) is 0 Å². The Morgan fingerprint density at radius 1 is 1.28 bits per heavy atom. The van der Waals surface area contributed by atoms with Crippen molar-refractivity contribution in [2.24, 2.45) is 0 Å². The molecule has 2 heterocycles. The van der Waals surface area contributed by atoms with Crippen molar-refractivity contribution in [3.63, 3.8) is 0 Å². The maximum Gasteiger partial charge on any atom is 0.0303 e. The van der Waals surface area contributed by atoms with Crippen molar-refractivity contribution < 1.29 is 0 Å². The number of thiophene rings is 1. The average Bonchev–Trinajstić information content (AvgIpc) is 2.84. The van der Waals surface area contributed by atoms with Crippen LogP contribution in [0.1, 0.15) is 17.4 Å². The summed E-state index contributed by atoms with van der Waals surface area (Å²) in [6, 6.07) is 2.25. The lowest BCUT2D eigenvalue weighted by atomic mass is 10.2. The van der Waals surface area contributed by atoms with E-state index in [0.29, 0.717) is 0 Å². The molecule has 0 aromatic carbocycles. The van der Waals surface area contributed by atoms with Crippen LogP contribution in [0.3, 0.4) is 0 Å². The Hall–Kier alpha value is -0.420. The number of hydrogen-bond acceptors (Lipinski definition) is 4. The molecule has 0 bridgehead atoms. The molecule has 102 valence electrons. The van der Waals surface area contributed by atoms with Crippen molar-refractivity contribution in [3.8, 4) is 0 Å². The third kappa shape index (κ3) is 4.05. The lowest BCUT2D eigenvalue weighted by molar-refractivity contribution is 0.154. The Balaban J connectivity index is 1.61. The van der Waals surface area contributed by atoms with Crippen LogP contribution in [-0.2, 0) is 13.0 Å². The number of rotatable bonds is 6. The minimum absolute atomic E-state index is 1.04. The summed E-state index contributed by atoms with van der Waals surface area (Å²) in [6.07, 6.45) is 1.15. The van der Waals surface area contributed by atoms with Gasteiger partial charge in [-0.2, -0.15) is 0 Å². The number of hydrogen-bond donors (Lipinski definition) is 1. The minimum atomic E-state index is 1.04. The lowest BCUT2D eigenvalue weighted by Crippen LogP contribution is -2.46. The van der Waals surface area contributed by atoms with Crippen LogP contribution in [-0.4, -0.2) is 56.1 Å². The molecule has 1 aromatic rings. The highest BCUT2D eigenvalue weighted by molar-refractivity contribution is 7.10. The molecule has 0 unspecified atom stereocenters. The van der Waals surface area contributed by atoms with Crippen LogP contribution >= 0.6 is 11.3 Å². The smallest absolute Gasteiger partial charge is 0.0303 e. The van der Waals surface area contributed by atoms with Crippen LogP contribution in [0.15, 0.2) is 11.4 Å². The molecule has 0 atom stereocenters. The fraction of sp³-hybridized carbons (Fsp3) is 0.714. The van der Waals surface area contributed by atoms with E-state index in [-0.39, 0.29) is 0 Å². The van der Waals surface area contributed by atoms with E-state index in [2.05, 4.69) is 40.5 Å². The quantitative estimate of drug-likeness (QED) is 0.791. The second-order valence-electron chi connectivity index (χ2n) is 5.04. The predicted octanol–water partition coefficient (Wildman–Crippen LogP) is 1.65. The minimum Gasteiger partial charge on any atom is -0.311 e. The summed E-state index contributed by atoms with van der Waals surface area (Å²) < 4.78 is 0. The van der Waals surface area contributed by atoms with Crippen molar-refractivity contribution in [3.05, 3.63) is 21.9 Å². The molecule has 0 amide bonds. The van der Waals surface area contributed by atoms with Gasteiger partial charge in [0.1, 0.15) is 0 Å². The van der Waals surface area contributed by atoms with Crippen molar-refractivity contribution in [1.29, 1.82) is 0 Å². The fourth-order valence-corrected chi connectivity index (χ4v) is 3.29. The highest BCUT2D eigenvalue weighted by Gasteiger charge is 2.12. The van der Waals surface area contributed by atoms with Crippen LogP contribution in [0.4, 0.5) is 0 Å². The second kappa shape index (κ2) is 7.24. The van der Waals surface area contributed by atoms with Crippen LogP contribution < -0.4 is 5.32 Å². The second-order valence-corrected chi connectivity index (χ2v) is 6.04. The van der Waals surface area contributed by atoms with Crippen molar-refractivity contribution in [1.82, 2.24) is 15.1 Å². The zero-order chi connectivity index (χ0) is 12.8.